The molecule has 0 aliphatic carbocycles. The number of rotatable bonds is 1. The van der Waals surface area contributed by atoms with Crippen LogP contribution in [0.25, 0.3) is 0 Å². The number of nitrogens with zero attached hydrogens (tertiary/aromatic N) is 2. The Kier molecular flexibility index (Phi) is 3.57. The smallest absolute Gasteiger partial charge is 0.289 e. The number of hydrogen-bond donors (Lipinski definition) is 0. The first-order chi connectivity index (χ1) is 9.25. The van der Waals surface area contributed by atoms with Crippen molar-refractivity contribution in [3.8, 4) is 0 Å². The van der Waals surface area contributed by atoms with Crippen molar-refractivity contribution in [2.45, 2.75) is 12.5 Å². The number of carbonyl (C=O) groups is 1. The number of likely N-dealkylation sites (tertiary alicyclic amines) is 1. The lowest BCUT2D eigenvalue weighted by atomic mass is 9.91. The highest BCUT2D eigenvalue weighted by Crippen LogP contribution is 2.25. The molecular formula is C14H20N2O3. The molecule has 5 heteroatoms. The monoisotopic (exact) mass is 264 g/mol. The lowest BCUT2D eigenvalue weighted by Gasteiger charge is -2.40. The zero-order valence-electron chi connectivity index (χ0n) is 11.2. The first-order valence-electron chi connectivity index (χ1n) is 6.86. The number of amides is 1. The van der Waals surface area contributed by atoms with Crippen LogP contribution in [-0.4, -0.2) is 61.6 Å². The van der Waals surface area contributed by atoms with E-state index < -0.39 is 0 Å². The van der Waals surface area contributed by atoms with Crippen molar-refractivity contribution in [1.29, 1.82) is 0 Å². The number of likely N-dealkylation sites (N-methyl/N-ethyl adjacent to an activating group) is 1. The van der Waals surface area contributed by atoms with Crippen molar-refractivity contribution >= 4 is 5.91 Å². The topological polar surface area (TPSA) is 45.9 Å². The molecule has 2 saturated heterocycles. The molecule has 0 bridgehead atoms. The van der Waals surface area contributed by atoms with E-state index in [1.807, 2.05) is 4.90 Å². The minimum Gasteiger partial charge on any atom is -0.459 e. The molecule has 19 heavy (non-hydrogen) atoms. The predicted octanol–water partition coefficient (Wildman–Crippen LogP) is 1.07. The van der Waals surface area contributed by atoms with Crippen LogP contribution in [0.5, 0.6) is 0 Å². The number of fused-ring (bicyclic) bond motifs is 1. The van der Waals surface area contributed by atoms with E-state index in [4.69, 9.17) is 9.15 Å². The summed E-state index contributed by atoms with van der Waals surface area (Å²) < 4.78 is 10.8. The molecule has 2 aliphatic heterocycles. The Morgan fingerprint density at radius 2 is 2.32 bits per heavy atom. The van der Waals surface area contributed by atoms with Crippen LogP contribution >= 0.6 is 0 Å². The first-order valence-corrected chi connectivity index (χ1v) is 6.86. The molecule has 3 heterocycles. The molecule has 0 radical (unpaired) electrons. The van der Waals surface area contributed by atoms with E-state index in [1.165, 1.54) is 0 Å². The van der Waals surface area contributed by atoms with Gasteiger partial charge in [-0.1, -0.05) is 0 Å². The number of carbonyl (C=O) groups excluding carboxylic acids is 1. The summed E-state index contributed by atoms with van der Waals surface area (Å²) >= 11 is 0. The van der Waals surface area contributed by atoms with Crippen LogP contribution in [0, 0.1) is 5.92 Å². The minimum absolute atomic E-state index is 0.00187. The lowest BCUT2D eigenvalue weighted by molar-refractivity contribution is 0.0410. The first kappa shape index (κ1) is 12.7. The van der Waals surface area contributed by atoms with Gasteiger partial charge in [0.1, 0.15) is 0 Å². The zero-order valence-corrected chi connectivity index (χ0v) is 11.2. The van der Waals surface area contributed by atoms with Crippen molar-refractivity contribution in [3.05, 3.63) is 24.2 Å². The molecule has 0 N–H and O–H groups in total. The summed E-state index contributed by atoms with van der Waals surface area (Å²) in [7, 11) is 2.12. The maximum Gasteiger partial charge on any atom is 0.289 e. The van der Waals surface area contributed by atoms with Crippen LogP contribution in [0.3, 0.4) is 0 Å². The van der Waals surface area contributed by atoms with Crippen LogP contribution in [0.4, 0.5) is 0 Å². The van der Waals surface area contributed by atoms with Crippen molar-refractivity contribution < 1.29 is 13.9 Å². The highest BCUT2D eigenvalue weighted by atomic mass is 16.5. The van der Waals surface area contributed by atoms with E-state index in [2.05, 4.69) is 11.9 Å². The van der Waals surface area contributed by atoms with Gasteiger partial charge in [-0.15, -0.1) is 0 Å². The van der Waals surface area contributed by atoms with Gasteiger partial charge in [0.15, 0.2) is 5.76 Å². The van der Waals surface area contributed by atoms with Crippen molar-refractivity contribution in [2.75, 3.05) is 39.9 Å². The van der Waals surface area contributed by atoms with Crippen molar-refractivity contribution in [2.24, 2.45) is 5.92 Å². The Bertz CT molecular complexity index is 432. The summed E-state index contributed by atoms with van der Waals surface area (Å²) in [4.78, 5) is 16.5. The highest BCUT2D eigenvalue weighted by molar-refractivity contribution is 5.91. The molecular weight excluding hydrogens is 244 g/mol. The third-order valence-electron chi connectivity index (χ3n) is 4.23. The van der Waals surface area contributed by atoms with Gasteiger partial charge in [0.25, 0.3) is 5.91 Å². The van der Waals surface area contributed by atoms with Crippen LogP contribution in [0.15, 0.2) is 22.8 Å². The summed E-state index contributed by atoms with van der Waals surface area (Å²) in [5.41, 5.74) is 0. The number of piperidine rings is 1. The Morgan fingerprint density at radius 1 is 1.42 bits per heavy atom. The Hall–Kier alpha value is -1.33. The number of ether oxygens (including phenoxy) is 1. The maximum absolute atomic E-state index is 12.3. The second-order valence-corrected chi connectivity index (χ2v) is 5.40. The maximum atomic E-state index is 12.3. The molecule has 3 rings (SSSR count). The molecule has 2 fully saturated rings. The molecule has 2 aliphatic rings. The van der Waals surface area contributed by atoms with Gasteiger partial charge >= 0.3 is 0 Å². The number of hydrogen-bond acceptors (Lipinski definition) is 4. The van der Waals surface area contributed by atoms with Crippen LogP contribution < -0.4 is 0 Å². The SMILES string of the molecule is CN1CCOC[C@H]2CCN(C(=O)c3ccco3)C[C@H]21. The minimum atomic E-state index is 0.00187. The third kappa shape index (κ3) is 2.53. The van der Waals surface area contributed by atoms with Gasteiger partial charge in [0.2, 0.25) is 0 Å². The second-order valence-electron chi connectivity index (χ2n) is 5.40. The fourth-order valence-electron chi connectivity index (χ4n) is 3.02. The van der Waals surface area contributed by atoms with Crippen LogP contribution in [-0.2, 0) is 4.74 Å². The standard InChI is InChI=1S/C14H20N2O3/c1-15-6-8-18-10-11-4-5-16(9-12(11)15)14(17)13-3-2-7-19-13/h2-3,7,11-12H,4-6,8-10H2,1H3/t11-,12-/m1/s1. The summed E-state index contributed by atoms with van der Waals surface area (Å²) in [6, 6.07) is 3.88. The predicted molar refractivity (Wildman–Crippen MR) is 70.0 cm³/mol. The highest BCUT2D eigenvalue weighted by Gasteiger charge is 2.36. The fourth-order valence-corrected chi connectivity index (χ4v) is 3.02. The van der Waals surface area contributed by atoms with E-state index in [9.17, 15) is 4.79 Å². The van der Waals surface area contributed by atoms with Gasteiger partial charge in [-0.25, -0.2) is 0 Å². The van der Waals surface area contributed by atoms with Crippen molar-refractivity contribution in [3.63, 3.8) is 0 Å². The van der Waals surface area contributed by atoms with E-state index in [0.29, 0.717) is 17.7 Å². The zero-order chi connectivity index (χ0) is 13.2. The molecule has 2 atom stereocenters. The van der Waals surface area contributed by atoms with Gasteiger partial charge in [-0.05, 0) is 25.6 Å². The van der Waals surface area contributed by atoms with E-state index in [0.717, 1.165) is 39.3 Å². The molecule has 1 amide bonds. The van der Waals surface area contributed by atoms with Gasteiger partial charge in [-0.3, -0.25) is 9.69 Å². The normalized spacial score (nSPS) is 28.8. The van der Waals surface area contributed by atoms with E-state index in [-0.39, 0.29) is 5.91 Å². The fraction of sp³-hybridized carbons (Fsp3) is 0.643. The summed E-state index contributed by atoms with van der Waals surface area (Å²) in [5, 5.41) is 0. The summed E-state index contributed by atoms with van der Waals surface area (Å²) in [6.45, 7) is 4.10. The molecule has 1 aromatic heterocycles. The van der Waals surface area contributed by atoms with Crippen molar-refractivity contribution in [1.82, 2.24) is 9.80 Å². The lowest BCUT2D eigenvalue weighted by Crippen LogP contribution is -2.53. The van der Waals surface area contributed by atoms with Gasteiger partial charge in [-0.2, -0.15) is 0 Å². The van der Waals surface area contributed by atoms with Gasteiger partial charge < -0.3 is 14.1 Å². The molecule has 104 valence electrons. The molecule has 0 aromatic carbocycles. The second kappa shape index (κ2) is 5.35. The molecule has 0 saturated carbocycles. The van der Waals surface area contributed by atoms with Gasteiger partial charge in [0, 0.05) is 31.6 Å². The average Bonchev–Trinajstić information content (AvgIpc) is 2.90. The quantitative estimate of drug-likeness (QED) is 0.761. The molecule has 5 nitrogen and oxygen atoms in total. The largest absolute Gasteiger partial charge is 0.459 e. The van der Waals surface area contributed by atoms with Gasteiger partial charge in [0.05, 0.1) is 19.5 Å². The Labute approximate surface area is 113 Å². The summed E-state index contributed by atoms with van der Waals surface area (Å²) in [5.74, 6) is 0.973. The van der Waals surface area contributed by atoms with E-state index >= 15 is 0 Å². The Balaban J connectivity index is 1.71. The summed E-state index contributed by atoms with van der Waals surface area (Å²) in [6.07, 6.45) is 2.55. The average molecular weight is 264 g/mol. The molecule has 0 spiro atoms. The van der Waals surface area contributed by atoms with Crippen LogP contribution in [0.2, 0.25) is 0 Å². The van der Waals surface area contributed by atoms with E-state index in [1.54, 1.807) is 18.4 Å². The van der Waals surface area contributed by atoms with Crippen LogP contribution in [0.1, 0.15) is 17.0 Å². The third-order valence-corrected chi connectivity index (χ3v) is 4.23. The molecule has 1 aromatic rings. The number of furan rings is 1. The molecule has 0 unspecified atom stereocenters. The Morgan fingerprint density at radius 3 is 3.11 bits per heavy atom.